The van der Waals surface area contributed by atoms with E-state index in [-0.39, 0.29) is 0 Å². The number of rotatable bonds is 5. The van der Waals surface area contributed by atoms with Crippen LogP contribution in [0, 0.1) is 6.92 Å². The van der Waals surface area contributed by atoms with Crippen molar-refractivity contribution in [3.8, 4) is 11.5 Å². The van der Waals surface area contributed by atoms with Crippen LogP contribution in [0.2, 0.25) is 0 Å². The van der Waals surface area contributed by atoms with E-state index >= 15 is 0 Å². The first-order valence-electron chi connectivity index (χ1n) is 8.59. The predicted molar refractivity (Wildman–Crippen MR) is 102 cm³/mol. The average Bonchev–Trinajstić information content (AvgIpc) is 2.65. The van der Waals surface area contributed by atoms with Gasteiger partial charge in [0.2, 0.25) is 0 Å². The number of hydrogen-bond acceptors (Lipinski definition) is 3. The summed E-state index contributed by atoms with van der Waals surface area (Å²) in [5.74, 6) is 1.63. The second-order valence-electron chi connectivity index (χ2n) is 4.79. The second-order valence-corrected chi connectivity index (χ2v) is 4.79. The van der Waals surface area contributed by atoms with Gasteiger partial charge in [-0.15, -0.1) is 0 Å². The summed E-state index contributed by atoms with van der Waals surface area (Å²) < 4.78 is 10.3. The molecule has 3 nitrogen and oxygen atoms in total. The number of hydrogen-bond donors (Lipinski definition) is 1. The van der Waals surface area contributed by atoms with Crippen molar-refractivity contribution in [2.45, 2.75) is 47.1 Å². The molecule has 0 amide bonds. The Morgan fingerprint density at radius 2 is 1.33 bits per heavy atom. The standard InChI is InChI=1S/C17H20O3.2C2H6/c1-12-10-15(20-3)8-9-16(12)17(18)11-13-4-6-14(19-2)7-5-13;2*1-2/h4-10,17-18H,11H2,1-3H3;2*1-2H3. The second kappa shape index (κ2) is 12.4. The van der Waals surface area contributed by atoms with Gasteiger partial charge in [0.15, 0.2) is 0 Å². The van der Waals surface area contributed by atoms with E-state index in [1.165, 1.54) is 0 Å². The van der Waals surface area contributed by atoms with E-state index in [0.717, 1.165) is 28.2 Å². The Balaban J connectivity index is 0.00000123. The van der Waals surface area contributed by atoms with Gasteiger partial charge in [0, 0.05) is 6.42 Å². The van der Waals surface area contributed by atoms with E-state index in [2.05, 4.69) is 0 Å². The van der Waals surface area contributed by atoms with E-state index < -0.39 is 6.10 Å². The lowest BCUT2D eigenvalue weighted by atomic mass is 9.97. The van der Waals surface area contributed by atoms with Crippen LogP contribution in [0.1, 0.15) is 50.5 Å². The lowest BCUT2D eigenvalue weighted by Crippen LogP contribution is -2.04. The normalized spacial score (nSPS) is 10.5. The molecule has 0 radical (unpaired) electrons. The predicted octanol–water partition coefficient (Wildman–Crippen LogP) is 5.34. The van der Waals surface area contributed by atoms with Gasteiger partial charge in [-0.3, -0.25) is 0 Å². The third-order valence-corrected chi connectivity index (χ3v) is 3.42. The highest BCUT2D eigenvalue weighted by atomic mass is 16.5. The third kappa shape index (κ3) is 6.63. The zero-order valence-electron chi connectivity index (χ0n) is 16.1. The van der Waals surface area contributed by atoms with Crippen LogP contribution in [0.4, 0.5) is 0 Å². The molecule has 0 bridgehead atoms. The van der Waals surface area contributed by atoms with Crippen molar-refractivity contribution >= 4 is 0 Å². The molecule has 0 saturated heterocycles. The molecular weight excluding hydrogens is 300 g/mol. The largest absolute Gasteiger partial charge is 0.497 e. The first-order chi connectivity index (χ1) is 11.6. The van der Waals surface area contributed by atoms with Crippen LogP contribution >= 0.6 is 0 Å². The van der Waals surface area contributed by atoms with E-state index in [1.807, 2.05) is 77.1 Å². The average molecular weight is 332 g/mol. The molecular formula is C21H32O3. The summed E-state index contributed by atoms with van der Waals surface area (Å²) in [6.07, 6.45) is 0.0614. The zero-order valence-corrected chi connectivity index (χ0v) is 16.1. The molecule has 134 valence electrons. The Bertz CT molecular complexity index is 562. The van der Waals surface area contributed by atoms with E-state index in [9.17, 15) is 5.11 Å². The quantitative estimate of drug-likeness (QED) is 0.803. The number of ether oxygens (including phenoxy) is 2. The summed E-state index contributed by atoms with van der Waals surface area (Å²) in [4.78, 5) is 0. The highest BCUT2D eigenvalue weighted by molar-refractivity contribution is 5.37. The first kappa shape index (κ1) is 22.0. The maximum Gasteiger partial charge on any atom is 0.119 e. The van der Waals surface area contributed by atoms with E-state index in [4.69, 9.17) is 9.47 Å². The summed E-state index contributed by atoms with van der Waals surface area (Å²) in [6, 6.07) is 13.5. The van der Waals surface area contributed by atoms with Crippen molar-refractivity contribution in [3.05, 3.63) is 59.2 Å². The maximum atomic E-state index is 10.4. The van der Waals surface area contributed by atoms with Crippen LogP contribution < -0.4 is 9.47 Å². The molecule has 2 rings (SSSR count). The Morgan fingerprint density at radius 3 is 1.79 bits per heavy atom. The van der Waals surface area contributed by atoms with Crippen molar-refractivity contribution in [3.63, 3.8) is 0 Å². The monoisotopic (exact) mass is 332 g/mol. The lowest BCUT2D eigenvalue weighted by Gasteiger charge is -2.15. The smallest absolute Gasteiger partial charge is 0.119 e. The Morgan fingerprint density at radius 1 is 0.833 bits per heavy atom. The van der Waals surface area contributed by atoms with E-state index in [0.29, 0.717) is 6.42 Å². The lowest BCUT2D eigenvalue weighted by molar-refractivity contribution is 0.177. The minimum Gasteiger partial charge on any atom is -0.497 e. The van der Waals surface area contributed by atoms with Gasteiger partial charge in [-0.25, -0.2) is 0 Å². The third-order valence-electron chi connectivity index (χ3n) is 3.42. The topological polar surface area (TPSA) is 38.7 Å². The summed E-state index contributed by atoms with van der Waals surface area (Å²) in [7, 11) is 3.28. The van der Waals surface area contributed by atoms with Gasteiger partial charge in [0.25, 0.3) is 0 Å². The fraction of sp³-hybridized carbons (Fsp3) is 0.429. The van der Waals surface area contributed by atoms with Gasteiger partial charge in [-0.2, -0.15) is 0 Å². The highest BCUT2D eigenvalue weighted by Crippen LogP contribution is 2.25. The van der Waals surface area contributed by atoms with Crippen LogP contribution in [-0.2, 0) is 6.42 Å². The van der Waals surface area contributed by atoms with Gasteiger partial charge in [0.05, 0.1) is 20.3 Å². The van der Waals surface area contributed by atoms with Gasteiger partial charge >= 0.3 is 0 Å². The summed E-state index contributed by atoms with van der Waals surface area (Å²) in [5, 5.41) is 10.4. The number of methoxy groups -OCH3 is 2. The first-order valence-corrected chi connectivity index (χ1v) is 8.59. The molecule has 0 heterocycles. The molecule has 24 heavy (non-hydrogen) atoms. The van der Waals surface area contributed by atoms with Gasteiger partial charge < -0.3 is 14.6 Å². The molecule has 0 fully saturated rings. The molecule has 0 aliphatic heterocycles. The van der Waals surface area contributed by atoms with E-state index in [1.54, 1.807) is 14.2 Å². The molecule has 2 aromatic carbocycles. The van der Waals surface area contributed by atoms with Gasteiger partial charge in [-0.1, -0.05) is 45.9 Å². The van der Waals surface area contributed by atoms with Crippen molar-refractivity contribution < 1.29 is 14.6 Å². The van der Waals surface area contributed by atoms with Crippen LogP contribution in [0.25, 0.3) is 0 Å². The van der Waals surface area contributed by atoms with Crippen molar-refractivity contribution in [1.29, 1.82) is 0 Å². The molecule has 0 spiro atoms. The molecule has 0 aliphatic rings. The van der Waals surface area contributed by atoms with Crippen molar-refractivity contribution in [2.24, 2.45) is 0 Å². The minimum atomic E-state index is -0.519. The molecule has 1 N–H and O–H groups in total. The summed E-state index contributed by atoms with van der Waals surface area (Å²) in [6.45, 7) is 9.98. The van der Waals surface area contributed by atoms with Gasteiger partial charge in [0.1, 0.15) is 11.5 Å². The fourth-order valence-electron chi connectivity index (χ4n) is 2.24. The fourth-order valence-corrected chi connectivity index (χ4v) is 2.24. The highest BCUT2D eigenvalue weighted by Gasteiger charge is 2.12. The zero-order chi connectivity index (χ0) is 18.5. The molecule has 0 saturated carbocycles. The van der Waals surface area contributed by atoms with Crippen LogP contribution in [0.5, 0.6) is 11.5 Å². The SMILES string of the molecule is CC.CC.COc1ccc(CC(O)c2ccc(OC)cc2C)cc1. The Hall–Kier alpha value is -2.00. The number of aliphatic hydroxyl groups is 1. The van der Waals surface area contributed by atoms with Crippen molar-refractivity contribution in [1.82, 2.24) is 0 Å². The molecule has 0 aromatic heterocycles. The Labute approximate surface area is 147 Å². The molecule has 2 aromatic rings. The minimum absolute atomic E-state index is 0.519. The van der Waals surface area contributed by atoms with Crippen molar-refractivity contribution in [2.75, 3.05) is 14.2 Å². The maximum absolute atomic E-state index is 10.4. The summed E-state index contributed by atoms with van der Waals surface area (Å²) >= 11 is 0. The van der Waals surface area contributed by atoms with Crippen LogP contribution in [0.3, 0.4) is 0 Å². The summed E-state index contributed by atoms with van der Waals surface area (Å²) in [5.41, 5.74) is 3.04. The molecule has 0 aliphatic carbocycles. The number of benzene rings is 2. The molecule has 1 atom stereocenters. The van der Waals surface area contributed by atoms with Crippen LogP contribution in [-0.4, -0.2) is 19.3 Å². The molecule has 3 heteroatoms. The van der Waals surface area contributed by atoms with Gasteiger partial charge in [-0.05, 0) is 47.9 Å². The number of aryl methyl sites for hydroxylation is 1. The Kier molecular flexibility index (Phi) is 11.4. The van der Waals surface area contributed by atoms with Crippen LogP contribution in [0.15, 0.2) is 42.5 Å². The molecule has 1 unspecified atom stereocenters. The number of aliphatic hydroxyl groups excluding tert-OH is 1.